The number of nitrogens with zero attached hydrogens (tertiary/aromatic N) is 2. The Bertz CT molecular complexity index is 410. The fraction of sp³-hybridized carbons (Fsp3) is 0.846. The Morgan fingerprint density at radius 2 is 2.00 bits per heavy atom. The van der Waals surface area contributed by atoms with Gasteiger partial charge in [-0.05, 0) is 20.8 Å². The second-order valence-corrected chi connectivity index (χ2v) is 6.28. The van der Waals surface area contributed by atoms with E-state index < -0.39 is 11.0 Å². The lowest BCUT2D eigenvalue weighted by molar-refractivity contribution is -0.163. The third-order valence-electron chi connectivity index (χ3n) is 4.46. The largest absolute Gasteiger partial charge is 0.379 e. The summed E-state index contributed by atoms with van der Waals surface area (Å²) in [6.45, 7) is 7.21. The van der Waals surface area contributed by atoms with Crippen LogP contribution in [0.2, 0.25) is 0 Å². The van der Waals surface area contributed by atoms with Gasteiger partial charge >= 0.3 is 0 Å². The minimum atomic E-state index is -0.824. The molecule has 2 amide bonds. The molecule has 2 aliphatic heterocycles. The van der Waals surface area contributed by atoms with Crippen LogP contribution < -0.4 is 5.73 Å². The van der Waals surface area contributed by atoms with Gasteiger partial charge in [0.2, 0.25) is 11.8 Å². The highest BCUT2D eigenvalue weighted by atomic mass is 16.5. The Hall–Kier alpha value is -1.14. The first-order valence-corrected chi connectivity index (χ1v) is 6.62. The molecule has 0 aromatic rings. The number of carbonyl (C=O) groups is 2. The smallest absolute Gasteiger partial charge is 0.247 e. The maximum Gasteiger partial charge on any atom is 0.247 e. The minimum absolute atomic E-state index is 0.0387. The van der Waals surface area contributed by atoms with Gasteiger partial charge in [0.25, 0.3) is 0 Å². The van der Waals surface area contributed by atoms with Gasteiger partial charge in [-0.2, -0.15) is 0 Å². The van der Waals surface area contributed by atoms with Crippen molar-refractivity contribution in [3.8, 4) is 0 Å². The van der Waals surface area contributed by atoms with Gasteiger partial charge in [0, 0.05) is 26.2 Å². The summed E-state index contributed by atoms with van der Waals surface area (Å²) in [5.74, 6) is -0.118. The molecule has 0 spiro atoms. The van der Waals surface area contributed by atoms with Crippen molar-refractivity contribution in [1.29, 1.82) is 0 Å². The molecule has 0 saturated carbocycles. The van der Waals surface area contributed by atoms with Crippen LogP contribution in [-0.2, 0) is 14.3 Å². The molecule has 108 valence electrons. The first kappa shape index (κ1) is 14.3. The van der Waals surface area contributed by atoms with Crippen molar-refractivity contribution in [3.05, 3.63) is 0 Å². The average Bonchev–Trinajstić information content (AvgIpc) is 2.67. The van der Waals surface area contributed by atoms with Crippen LogP contribution in [0.3, 0.4) is 0 Å². The van der Waals surface area contributed by atoms with E-state index in [1.807, 2.05) is 6.92 Å². The van der Waals surface area contributed by atoms with E-state index in [0.29, 0.717) is 26.3 Å². The summed E-state index contributed by atoms with van der Waals surface area (Å²) in [6.07, 6.45) is 0. The number of rotatable bonds is 1. The summed E-state index contributed by atoms with van der Waals surface area (Å²) in [7, 11) is 1.76. The SMILES string of the molecule is CN1CCN(C(=O)C2(C)COCC2N)C(C)(C)C1=O. The zero-order valence-corrected chi connectivity index (χ0v) is 12.1. The first-order chi connectivity index (χ1) is 8.71. The van der Waals surface area contributed by atoms with Crippen LogP contribution in [0.1, 0.15) is 20.8 Å². The number of piperazine rings is 1. The van der Waals surface area contributed by atoms with Gasteiger partial charge in [-0.25, -0.2) is 0 Å². The Kier molecular flexibility index (Phi) is 3.35. The molecule has 0 radical (unpaired) electrons. The third kappa shape index (κ3) is 2.03. The molecule has 2 atom stereocenters. The summed E-state index contributed by atoms with van der Waals surface area (Å²) in [4.78, 5) is 28.3. The van der Waals surface area contributed by atoms with Crippen LogP contribution in [0.4, 0.5) is 0 Å². The standard InChI is InChI=1S/C13H23N3O3/c1-12(2)10(17)15(4)5-6-16(12)11(18)13(3)8-19-7-9(13)14/h9H,5-8,14H2,1-4H3. The van der Waals surface area contributed by atoms with Crippen molar-refractivity contribution in [2.24, 2.45) is 11.1 Å². The Morgan fingerprint density at radius 1 is 1.37 bits per heavy atom. The van der Waals surface area contributed by atoms with E-state index in [4.69, 9.17) is 10.5 Å². The van der Waals surface area contributed by atoms with Gasteiger partial charge in [-0.1, -0.05) is 0 Å². The minimum Gasteiger partial charge on any atom is -0.379 e. The lowest BCUT2D eigenvalue weighted by Crippen LogP contribution is -2.67. The first-order valence-electron chi connectivity index (χ1n) is 6.62. The highest BCUT2D eigenvalue weighted by molar-refractivity contribution is 5.94. The monoisotopic (exact) mass is 269 g/mol. The molecule has 2 N–H and O–H groups in total. The van der Waals surface area contributed by atoms with Crippen LogP contribution in [0, 0.1) is 5.41 Å². The lowest BCUT2D eigenvalue weighted by atomic mass is 9.82. The number of ether oxygens (including phenoxy) is 1. The number of amides is 2. The van der Waals surface area contributed by atoms with Gasteiger partial charge in [0.1, 0.15) is 5.54 Å². The molecule has 2 rings (SSSR count). The highest BCUT2D eigenvalue weighted by Gasteiger charge is 2.52. The highest BCUT2D eigenvalue weighted by Crippen LogP contribution is 2.33. The summed E-state index contributed by atoms with van der Waals surface area (Å²) in [5, 5.41) is 0. The van der Waals surface area contributed by atoms with Gasteiger partial charge < -0.3 is 20.3 Å². The molecule has 0 aromatic heterocycles. The molecule has 6 nitrogen and oxygen atoms in total. The molecule has 2 saturated heterocycles. The Morgan fingerprint density at radius 3 is 2.53 bits per heavy atom. The van der Waals surface area contributed by atoms with Gasteiger partial charge in [-0.15, -0.1) is 0 Å². The number of carbonyl (C=O) groups excluding carboxylic acids is 2. The molecule has 0 aliphatic carbocycles. The molecule has 6 heteroatoms. The van der Waals surface area contributed by atoms with E-state index >= 15 is 0 Å². The molecule has 2 heterocycles. The predicted molar refractivity (Wildman–Crippen MR) is 70.3 cm³/mol. The number of nitrogens with two attached hydrogens (primary N) is 1. The van der Waals surface area contributed by atoms with E-state index in [0.717, 1.165) is 0 Å². The zero-order chi connectivity index (χ0) is 14.4. The van der Waals surface area contributed by atoms with Crippen molar-refractivity contribution in [3.63, 3.8) is 0 Å². The second kappa shape index (κ2) is 4.45. The summed E-state index contributed by atoms with van der Waals surface area (Å²) < 4.78 is 5.33. The molecule has 2 aliphatic rings. The molecular formula is C13H23N3O3. The number of hydrogen-bond acceptors (Lipinski definition) is 4. The van der Waals surface area contributed by atoms with Crippen molar-refractivity contribution >= 4 is 11.8 Å². The summed E-state index contributed by atoms with van der Waals surface area (Å²) in [5.41, 5.74) is 4.45. The molecular weight excluding hydrogens is 246 g/mol. The van der Waals surface area contributed by atoms with E-state index in [9.17, 15) is 9.59 Å². The van der Waals surface area contributed by atoms with Crippen LogP contribution >= 0.6 is 0 Å². The third-order valence-corrected chi connectivity index (χ3v) is 4.46. The van der Waals surface area contributed by atoms with Crippen molar-refractivity contribution < 1.29 is 14.3 Å². The van der Waals surface area contributed by atoms with E-state index in [2.05, 4.69) is 0 Å². The van der Waals surface area contributed by atoms with Gasteiger partial charge in [-0.3, -0.25) is 9.59 Å². The molecule has 19 heavy (non-hydrogen) atoms. The normalized spacial score (nSPS) is 34.8. The van der Waals surface area contributed by atoms with Crippen LogP contribution in [0.5, 0.6) is 0 Å². The van der Waals surface area contributed by atoms with Crippen molar-refractivity contribution in [1.82, 2.24) is 9.80 Å². The van der Waals surface area contributed by atoms with Gasteiger partial charge in [0.05, 0.1) is 18.6 Å². The lowest BCUT2D eigenvalue weighted by Gasteiger charge is -2.47. The number of likely N-dealkylation sites (N-methyl/N-ethyl adjacent to an activating group) is 1. The molecule has 0 aromatic carbocycles. The fourth-order valence-corrected chi connectivity index (χ4v) is 2.79. The Balaban J connectivity index is 2.26. The van der Waals surface area contributed by atoms with E-state index in [1.54, 1.807) is 30.7 Å². The summed E-state index contributed by atoms with van der Waals surface area (Å²) in [6, 6.07) is -0.314. The van der Waals surface area contributed by atoms with E-state index in [-0.39, 0.29) is 17.9 Å². The van der Waals surface area contributed by atoms with Crippen LogP contribution in [-0.4, -0.2) is 66.5 Å². The predicted octanol–water partition coefficient (Wildman–Crippen LogP) is -0.571. The molecule has 2 unspecified atom stereocenters. The van der Waals surface area contributed by atoms with Crippen molar-refractivity contribution in [2.75, 3.05) is 33.4 Å². The topological polar surface area (TPSA) is 75.9 Å². The number of hydrogen-bond donors (Lipinski definition) is 1. The Labute approximate surface area is 113 Å². The maximum atomic E-state index is 12.8. The van der Waals surface area contributed by atoms with Crippen molar-refractivity contribution in [2.45, 2.75) is 32.4 Å². The maximum absolute atomic E-state index is 12.8. The average molecular weight is 269 g/mol. The van der Waals surface area contributed by atoms with Crippen LogP contribution in [0.25, 0.3) is 0 Å². The zero-order valence-electron chi connectivity index (χ0n) is 12.1. The van der Waals surface area contributed by atoms with Gasteiger partial charge in [0.15, 0.2) is 0 Å². The molecule has 2 fully saturated rings. The van der Waals surface area contributed by atoms with Crippen LogP contribution in [0.15, 0.2) is 0 Å². The quantitative estimate of drug-likeness (QED) is 0.691. The summed E-state index contributed by atoms with van der Waals surface area (Å²) >= 11 is 0. The second-order valence-electron chi connectivity index (χ2n) is 6.28. The van der Waals surface area contributed by atoms with E-state index in [1.165, 1.54) is 0 Å². The molecule has 0 bridgehead atoms. The fourth-order valence-electron chi connectivity index (χ4n) is 2.79.